The Hall–Kier alpha value is -14.9. The van der Waals surface area contributed by atoms with Crippen LogP contribution in [0, 0.1) is 17.9 Å². The molecule has 1 aliphatic rings. The van der Waals surface area contributed by atoms with E-state index in [0.29, 0.717) is 28.3 Å². The summed E-state index contributed by atoms with van der Waals surface area (Å²) in [6, 6.07) is 143. The lowest BCUT2D eigenvalue weighted by molar-refractivity contribution is 0.969. The standard InChI is InChI=1S/C105H65N5/c1-107-102-101(100-83-50-42-75(67-26-10-2-11-27-67)58-85(83)86-59-76(43-51-84(86)100)68-28-12-3-13-29-68)103(108-94-52-44-77(69-30-14-4-15-31-69)60-87(94)88-61-78(45-53-95(88)108)70-32-16-5-17-33-70)93(66-106)104(109-96-54-46-79(71-34-18-6-19-35-71)62-89(96)90-63-80(47-55-97(90)109)72-36-20-7-21-37-72)105(102)110-98-56-48-81(73-38-22-8-23-39-73)64-91(98)92-65-82(49-57-99(92)110)74-40-24-9-25-41-74/h2-65,100H. The fourth-order valence-corrected chi connectivity index (χ4v) is 17.7. The van der Waals surface area contributed by atoms with Crippen molar-refractivity contribution in [1.82, 2.24) is 13.7 Å². The first kappa shape index (κ1) is 63.6. The van der Waals surface area contributed by atoms with Crippen LogP contribution in [0.1, 0.15) is 28.2 Å². The third-order valence-electron chi connectivity index (χ3n) is 22.8. The Bertz CT molecular complexity index is 6790. The van der Waals surface area contributed by atoms with Crippen molar-refractivity contribution in [2.45, 2.75) is 5.92 Å². The Kier molecular flexibility index (Phi) is 15.0. The highest BCUT2D eigenvalue weighted by Gasteiger charge is 2.41. The highest BCUT2D eigenvalue weighted by molar-refractivity contribution is 6.17. The number of fused-ring (bicyclic) bond motifs is 12. The summed E-state index contributed by atoms with van der Waals surface area (Å²) in [7, 11) is 0. The molecule has 0 unspecified atom stereocenters. The van der Waals surface area contributed by atoms with E-state index in [4.69, 9.17) is 4.85 Å². The maximum absolute atomic E-state index is 13.7. The molecule has 510 valence electrons. The average Bonchev–Trinajstić information content (AvgIpc) is 1.48. The Labute approximate surface area is 637 Å². The number of nitrogens with zero attached hydrogens (tertiary/aromatic N) is 5. The molecule has 0 spiro atoms. The van der Waals surface area contributed by atoms with Crippen LogP contribution >= 0.6 is 0 Å². The number of hydrogen-bond donors (Lipinski definition) is 0. The lowest BCUT2D eigenvalue weighted by Gasteiger charge is -2.29. The van der Waals surface area contributed by atoms with Gasteiger partial charge in [0.15, 0.2) is 0 Å². The molecule has 20 aromatic rings. The molecule has 110 heavy (non-hydrogen) atoms. The fraction of sp³-hybridized carbons (Fsp3) is 0.00952. The van der Waals surface area contributed by atoms with E-state index in [0.717, 1.165) is 182 Å². The number of aromatic nitrogens is 3. The third-order valence-corrected chi connectivity index (χ3v) is 22.8. The van der Waals surface area contributed by atoms with Crippen LogP contribution in [-0.4, -0.2) is 13.7 Å². The van der Waals surface area contributed by atoms with Crippen LogP contribution in [0.5, 0.6) is 0 Å². The second kappa shape index (κ2) is 26.0. The van der Waals surface area contributed by atoms with Gasteiger partial charge in [-0.25, -0.2) is 4.85 Å². The second-order valence-corrected chi connectivity index (χ2v) is 28.8. The smallest absolute Gasteiger partial charge is 0.218 e. The van der Waals surface area contributed by atoms with E-state index in [1.54, 1.807) is 0 Å². The summed E-state index contributed by atoms with van der Waals surface area (Å²) in [6.45, 7) is 10.7. The van der Waals surface area contributed by atoms with Crippen LogP contribution in [0.3, 0.4) is 0 Å². The number of nitriles is 1. The molecule has 0 atom stereocenters. The van der Waals surface area contributed by atoms with E-state index >= 15 is 0 Å². The Morgan fingerprint density at radius 1 is 0.236 bits per heavy atom. The van der Waals surface area contributed by atoms with Gasteiger partial charge in [-0.2, -0.15) is 5.26 Å². The predicted octanol–water partition coefficient (Wildman–Crippen LogP) is 27.9. The topological polar surface area (TPSA) is 42.9 Å². The minimum absolute atomic E-state index is 0.409. The zero-order valence-electron chi connectivity index (χ0n) is 59.8. The van der Waals surface area contributed by atoms with Crippen molar-refractivity contribution in [2.75, 3.05) is 0 Å². The summed E-state index contributed by atoms with van der Waals surface area (Å²) in [6.07, 6.45) is 0. The molecule has 0 saturated carbocycles. The van der Waals surface area contributed by atoms with Crippen LogP contribution in [-0.2, 0) is 0 Å². The van der Waals surface area contributed by atoms with Gasteiger partial charge >= 0.3 is 0 Å². The van der Waals surface area contributed by atoms with E-state index in [9.17, 15) is 11.8 Å². The zero-order chi connectivity index (χ0) is 72.9. The summed E-state index contributed by atoms with van der Waals surface area (Å²) in [5, 5.41) is 19.8. The van der Waals surface area contributed by atoms with E-state index in [-0.39, 0.29) is 0 Å². The summed E-state index contributed by atoms with van der Waals surface area (Å²) in [4.78, 5) is 5.24. The van der Waals surface area contributed by atoms with Crippen molar-refractivity contribution in [1.29, 1.82) is 5.26 Å². The van der Waals surface area contributed by atoms with Gasteiger partial charge in [-0.3, -0.25) is 0 Å². The lowest BCUT2D eigenvalue weighted by Crippen LogP contribution is -2.15. The molecule has 0 N–H and O–H groups in total. The third kappa shape index (κ3) is 10.3. The summed E-state index contributed by atoms with van der Waals surface area (Å²) < 4.78 is 7.08. The monoisotopic (exact) mass is 1400 g/mol. The van der Waals surface area contributed by atoms with E-state index in [1.165, 1.54) is 0 Å². The molecule has 0 bridgehead atoms. The maximum Gasteiger partial charge on any atom is 0.218 e. The Morgan fingerprint density at radius 3 is 0.691 bits per heavy atom. The van der Waals surface area contributed by atoms with E-state index in [1.807, 2.05) is 0 Å². The summed E-state index contributed by atoms with van der Waals surface area (Å²) >= 11 is 0. The van der Waals surface area contributed by atoms with Gasteiger partial charge in [-0.05, 0) is 202 Å². The first-order valence-corrected chi connectivity index (χ1v) is 37.5. The molecule has 1 aliphatic carbocycles. The highest BCUT2D eigenvalue weighted by atomic mass is 15.1. The van der Waals surface area contributed by atoms with Crippen LogP contribution in [0.2, 0.25) is 0 Å². The van der Waals surface area contributed by atoms with Crippen LogP contribution in [0.4, 0.5) is 5.69 Å². The first-order chi connectivity index (χ1) is 54.5. The van der Waals surface area contributed by atoms with Crippen molar-refractivity contribution in [3.8, 4) is 123 Å². The summed E-state index contributed by atoms with van der Waals surface area (Å²) in [5.74, 6) is -0.615. The van der Waals surface area contributed by atoms with Gasteiger partial charge in [-0.1, -0.05) is 303 Å². The molecule has 0 radical (unpaired) electrons. The van der Waals surface area contributed by atoms with Crippen molar-refractivity contribution in [3.63, 3.8) is 0 Å². The number of rotatable bonds is 12. The largest absolute Gasteiger partial charge is 0.317 e. The molecule has 3 heterocycles. The molecular weight excluding hydrogens is 1330 g/mol. The van der Waals surface area contributed by atoms with Gasteiger partial charge in [0.1, 0.15) is 6.07 Å². The SMILES string of the molecule is [C-]#[N+]c1c(C2c3ccc(-c4ccccc4)cc3-c3cc(-c4ccccc4)ccc32)c(-n2c3ccc(-c4ccccc4)cc3c3cc(-c4ccccc4)ccc32)c(C#N)c(-n2c3ccc(-c4ccccc4)cc3c3cc(-c4ccccc4)ccc32)c1-n1c2ccc(-c3ccccc3)cc2c2cc(-c3ccccc3)ccc21. The van der Waals surface area contributed by atoms with Crippen LogP contribution in [0.25, 0.3) is 187 Å². The normalized spacial score (nSPS) is 11.9. The minimum atomic E-state index is -0.615. The second-order valence-electron chi connectivity index (χ2n) is 28.8. The van der Waals surface area contributed by atoms with Gasteiger partial charge < -0.3 is 13.7 Å². The maximum atomic E-state index is 13.7. The number of hydrogen-bond acceptors (Lipinski definition) is 1. The molecule has 0 aliphatic heterocycles. The Balaban J connectivity index is 0.986. The van der Waals surface area contributed by atoms with Crippen molar-refractivity contribution >= 4 is 71.1 Å². The van der Waals surface area contributed by atoms with E-state index < -0.39 is 5.92 Å². The average molecular weight is 1400 g/mol. The first-order valence-electron chi connectivity index (χ1n) is 37.5. The zero-order valence-corrected chi connectivity index (χ0v) is 59.8. The molecule has 0 fully saturated rings. The quantitative estimate of drug-likeness (QED) is 0.112. The summed E-state index contributed by atoms with van der Waals surface area (Å²) in [5.41, 5.74) is 30.2. The molecule has 5 heteroatoms. The molecule has 21 rings (SSSR count). The fourth-order valence-electron chi connectivity index (χ4n) is 17.7. The molecule has 0 amide bonds. The predicted molar refractivity (Wildman–Crippen MR) is 457 cm³/mol. The van der Waals surface area contributed by atoms with Crippen molar-refractivity contribution in [3.05, 3.63) is 422 Å². The molecule has 5 nitrogen and oxygen atoms in total. The van der Waals surface area contributed by atoms with Crippen molar-refractivity contribution < 1.29 is 0 Å². The van der Waals surface area contributed by atoms with Gasteiger partial charge in [0.2, 0.25) is 5.69 Å². The number of benzene rings is 17. The molecular formula is C105H65N5. The van der Waals surface area contributed by atoms with Crippen LogP contribution in [0.15, 0.2) is 388 Å². The van der Waals surface area contributed by atoms with Gasteiger partial charge in [0.25, 0.3) is 0 Å². The highest BCUT2D eigenvalue weighted by Crippen LogP contribution is 2.59. The van der Waals surface area contributed by atoms with Gasteiger partial charge in [0.05, 0.1) is 62.3 Å². The van der Waals surface area contributed by atoms with Crippen molar-refractivity contribution in [2.24, 2.45) is 0 Å². The van der Waals surface area contributed by atoms with E-state index in [2.05, 4.69) is 408 Å². The van der Waals surface area contributed by atoms with Crippen LogP contribution < -0.4 is 0 Å². The minimum Gasteiger partial charge on any atom is -0.317 e. The lowest BCUT2D eigenvalue weighted by atomic mass is 9.83. The van der Waals surface area contributed by atoms with Gasteiger partial charge in [0, 0.05) is 38.2 Å². The molecule has 3 aromatic heterocycles. The molecule has 0 saturated heterocycles. The molecule has 17 aromatic carbocycles. The Morgan fingerprint density at radius 2 is 0.455 bits per heavy atom. The van der Waals surface area contributed by atoms with Gasteiger partial charge in [-0.15, -0.1) is 0 Å².